The van der Waals surface area contributed by atoms with Gasteiger partial charge in [-0.3, -0.25) is 0 Å². The molecule has 2 saturated carbocycles. The van der Waals surface area contributed by atoms with Gasteiger partial charge >= 0.3 is 0 Å². The van der Waals surface area contributed by atoms with Gasteiger partial charge in [0, 0.05) is 23.7 Å². The minimum atomic E-state index is -3.88. The van der Waals surface area contributed by atoms with Crippen molar-refractivity contribution < 1.29 is 13.2 Å². The Bertz CT molecular complexity index is 1420. The molecular formula is C31H40N4O3S. The summed E-state index contributed by atoms with van der Waals surface area (Å²) in [6.45, 7) is 10.8. The molecule has 0 bridgehead atoms. The summed E-state index contributed by atoms with van der Waals surface area (Å²) in [6.07, 6.45) is 6.26. The third-order valence-corrected chi connectivity index (χ3v) is 9.27. The summed E-state index contributed by atoms with van der Waals surface area (Å²) in [5.74, 6) is 0.871. The fraction of sp³-hybridized carbons (Fsp3) is 0.484. The summed E-state index contributed by atoms with van der Waals surface area (Å²) in [6, 6.07) is 15.4. The Morgan fingerprint density at radius 3 is 2.33 bits per heavy atom. The van der Waals surface area contributed by atoms with Gasteiger partial charge in [-0.05, 0) is 93.0 Å². The topological polar surface area (TPSA) is 93.2 Å². The molecule has 5 rings (SSSR count). The molecule has 1 heterocycles. The predicted octanol–water partition coefficient (Wildman–Crippen LogP) is 6.20. The molecule has 2 aromatic carbocycles. The Balaban J connectivity index is 1.41. The minimum Gasteiger partial charge on any atom is -0.476 e. The molecule has 1 atom stereocenters. The summed E-state index contributed by atoms with van der Waals surface area (Å²) >= 11 is 0. The number of hydrogen-bond acceptors (Lipinski definition) is 6. The molecule has 8 heteroatoms. The van der Waals surface area contributed by atoms with Crippen molar-refractivity contribution in [3.05, 3.63) is 65.2 Å². The van der Waals surface area contributed by atoms with E-state index in [1.54, 1.807) is 18.2 Å². The van der Waals surface area contributed by atoms with Crippen LogP contribution < -0.4 is 14.8 Å². The molecule has 0 saturated heterocycles. The number of nitrogens with one attached hydrogen (secondary N) is 2. The van der Waals surface area contributed by atoms with Gasteiger partial charge in [0.05, 0.1) is 10.6 Å². The standard InChI is InChI=1S/C31H40N4O3S/c1-20(2)14-24(32-25-17-31(18-25)12-13-31)19-38-28-16-27(29-22(4)9-7-10-23(29)5)33-30(34-28)35-39(36,37)26-11-6-8-21(3)15-26/h6-11,15-16,20,24-25,32H,12-14,17-19H2,1-5H3,(H,33,34,35)/t24-/m1/s1. The molecular weight excluding hydrogens is 508 g/mol. The van der Waals surface area contributed by atoms with Gasteiger partial charge in [0.1, 0.15) is 6.61 Å². The van der Waals surface area contributed by atoms with Crippen LogP contribution in [0.25, 0.3) is 11.3 Å². The van der Waals surface area contributed by atoms with Crippen LogP contribution in [-0.2, 0) is 10.0 Å². The van der Waals surface area contributed by atoms with Crippen molar-refractivity contribution >= 4 is 16.0 Å². The van der Waals surface area contributed by atoms with Crippen LogP contribution in [0.4, 0.5) is 5.95 Å². The Hall–Kier alpha value is -2.97. The first-order valence-electron chi connectivity index (χ1n) is 14.0. The van der Waals surface area contributed by atoms with Gasteiger partial charge in [0.2, 0.25) is 11.8 Å². The SMILES string of the molecule is Cc1cccc(S(=O)(=O)Nc2nc(OC[C@@H](CC(C)C)NC3CC4(CC4)C3)cc(-c3c(C)cccc3C)n2)c1. The van der Waals surface area contributed by atoms with E-state index in [0.29, 0.717) is 35.6 Å². The van der Waals surface area contributed by atoms with Crippen LogP contribution in [0.2, 0.25) is 0 Å². The lowest BCUT2D eigenvalue weighted by molar-refractivity contribution is 0.151. The summed E-state index contributed by atoms with van der Waals surface area (Å²) in [7, 11) is -3.88. The van der Waals surface area contributed by atoms with E-state index in [4.69, 9.17) is 4.74 Å². The van der Waals surface area contributed by atoms with Gasteiger partial charge in [0.15, 0.2) is 0 Å². The molecule has 1 spiro atoms. The smallest absolute Gasteiger partial charge is 0.264 e. The van der Waals surface area contributed by atoms with Crippen molar-refractivity contribution in [2.75, 3.05) is 11.3 Å². The molecule has 0 amide bonds. The summed E-state index contributed by atoms with van der Waals surface area (Å²) in [5, 5.41) is 3.81. The van der Waals surface area contributed by atoms with Crippen LogP contribution in [0.15, 0.2) is 53.4 Å². The van der Waals surface area contributed by atoms with Crippen molar-refractivity contribution in [2.24, 2.45) is 11.3 Å². The first-order chi connectivity index (χ1) is 18.5. The van der Waals surface area contributed by atoms with Crippen molar-refractivity contribution in [3.63, 3.8) is 0 Å². The molecule has 7 nitrogen and oxygen atoms in total. The molecule has 3 aromatic rings. The van der Waals surface area contributed by atoms with E-state index >= 15 is 0 Å². The highest BCUT2D eigenvalue weighted by Gasteiger charge is 2.53. The third-order valence-electron chi connectivity index (χ3n) is 7.94. The lowest BCUT2D eigenvalue weighted by atomic mass is 9.76. The first-order valence-corrected chi connectivity index (χ1v) is 15.4. The van der Waals surface area contributed by atoms with Gasteiger partial charge in [-0.25, -0.2) is 18.1 Å². The number of rotatable bonds is 11. The minimum absolute atomic E-state index is 0.00491. The zero-order chi connectivity index (χ0) is 27.8. The van der Waals surface area contributed by atoms with Crippen LogP contribution in [0, 0.1) is 32.1 Å². The molecule has 0 radical (unpaired) electrons. The molecule has 2 N–H and O–H groups in total. The number of nitrogens with zero attached hydrogens (tertiary/aromatic N) is 2. The van der Waals surface area contributed by atoms with Crippen LogP contribution >= 0.6 is 0 Å². The highest BCUT2D eigenvalue weighted by molar-refractivity contribution is 7.92. The van der Waals surface area contributed by atoms with E-state index in [1.165, 1.54) is 25.7 Å². The third kappa shape index (κ3) is 6.61. The number of aryl methyl sites for hydroxylation is 3. The quantitative estimate of drug-likeness (QED) is 0.297. The van der Waals surface area contributed by atoms with Crippen molar-refractivity contribution in [1.29, 1.82) is 0 Å². The van der Waals surface area contributed by atoms with Crippen molar-refractivity contribution in [2.45, 2.75) is 83.7 Å². The molecule has 2 fully saturated rings. The maximum absolute atomic E-state index is 13.2. The van der Waals surface area contributed by atoms with E-state index in [-0.39, 0.29) is 16.9 Å². The zero-order valence-corrected chi connectivity index (χ0v) is 24.4. The molecule has 2 aliphatic rings. The number of ether oxygens (including phenoxy) is 1. The van der Waals surface area contributed by atoms with E-state index < -0.39 is 10.0 Å². The molecule has 0 unspecified atom stereocenters. The normalized spacial score (nSPS) is 17.2. The lowest BCUT2D eigenvalue weighted by Gasteiger charge is -2.39. The fourth-order valence-electron chi connectivity index (χ4n) is 5.81. The van der Waals surface area contributed by atoms with Crippen molar-refractivity contribution in [1.82, 2.24) is 15.3 Å². The highest BCUT2D eigenvalue weighted by Crippen LogP contribution is 2.60. The Labute approximate surface area is 232 Å². The fourth-order valence-corrected chi connectivity index (χ4v) is 6.86. The first kappa shape index (κ1) is 27.6. The van der Waals surface area contributed by atoms with E-state index in [9.17, 15) is 8.42 Å². The maximum Gasteiger partial charge on any atom is 0.264 e. The summed E-state index contributed by atoms with van der Waals surface area (Å²) in [4.78, 5) is 9.30. The van der Waals surface area contributed by atoms with Crippen LogP contribution in [0.1, 0.15) is 62.6 Å². The second-order valence-electron chi connectivity index (χ2n) is 12.0. The van der Waals surface area contributed by atoms with Gasteiger partial charge in [-0.1, -0.05) is 44.2 Å². The van der Waals surface area contributed by atoms with Crippen molar-refractivity contribution in [3.8, 4) is 17.1 Å². The molecule has 39 heavy (non-hydrogen) atoms. The van der Waals surface area contributed by atoms with E-state index in [1.807, 2.05) is 51.1 Å². The second-order valence-corrected chi connectivity index (χ2v) is 13.7. The average Bonchev–Trinajstić information content (AvgIpc) is 3.63. The number of anilines is 1. The Morgan fingerprint density at radius 1 is 1.00 bits per heavy atom. The largest absolute Gasteiger partial charge is 0.476 e. The predicted molar refractivity (Wildman–Crippen MR) is 155 cm³/mol. The highest BCUT2D eigenvalue weighted by atomic mass is 32.2. The lowest BCUT2D eigenvalue weighted by Crippen LogP contribution is -2.49. The molecule has 0 aliphatic heterocycles. The van der Waals surface area contributed by atoms with Gasteiger partial charge in [-0.2, -0.15) is 4.98 Å². The Kier molecular flexibility index (Phi) is 7.71. The van der Waals surface area contributed by atoms with Gasteiger partial charge < -0.3 is 10.1 Å². The van der Waals surface area contributed by atoms with Gasteiger partial charge in [-0.15, -0.1) is 0 Å². The number of benzene rings is 2. The summed E-state index contributed by atoms with van der Waals surface area (Å²) in [5.41, 5.74) is 5.16. The monoisotopic (exact) mass is 548 g/mol. The van der Waals surface area contributed by atoms with E-state index in [2.05, 4.69) is 33.9 Å². The van der Waals surface area contributed by atoms with E-state index in [0.717, 1.165) is 28.7 Å². The molecule has 2 aliphatic carbocycles. The van der Waals surface area contributed by atoms with Crippen LogP contribution in [0.3, 0.4) is 0 Å². The van der Waals surface area contributed by atoms with Gasteiger partial charge in [0.25, 0.3) is 10.0 Å². The molecule has 208 valence electrons. The molecule has 1 aromatic heterocycles. The Morgan fingerprint density at radius 2 is 1.69 bits per heavy atom. The van der Waals surface area contributed by atoms with Crippen LogP contribution in [0.5, 0.6) is 5.88 Å². The average molecular weight is 549 g/mol. The maximum atomic E-state index is 13.2. The number of aromatic nitrogens is 2. The zero-order valence-electron chi connectivity index (χ0n) is 23.6. The number of hydrogen-bond donors (Lipinski definition) is 2. The summed E-state index contributed by atoms with van der Waals surface area (Å²) < 4.78 is 35.3. The second kappa shape index (κ2) is 10.9. The van der Waals surface area contributed by atoms with Crippen LogP contribution in [-0.4, -0.2) is 37.1 Å². The number of sulfonamides is 1.